The molecule has 110 valence electrons. The van der Waals surface area contributed by atoms with Crippen LogP contribution >= 0.6 is 11.6 Å². The number of benzene rings is 1. The van der Waals surface area contributed by atoms with Gasteiger partial charge in [0.05, 0.1) is 36.7 Å². The highest BCUT2D eigenvalue weighted by Crippen LogP contribution is 2.54. The van der Waals surface area contributed by atoms with Gasteiger partial charge in [0.2, 0.25) is 0 Å². The van der Waals surface area contributed by atoms with Crippen LogP contribution in [0.15, 0.2) is 24.0 Å². The van der Waals surface area contributed by atoms with E-state index < -0.39 is 0 Å². The summed E-state index contributed by atoms with van der Waals surface area (Å²) in [5, 5.41) is 0.641. The molecule has 3 aliphatic rings. The maximum absolute atomic E-state index is 12.9. The smallest absolute Gasteiger partial charge is 0.173 e. The molecule has 1 aromatic rings. The zero-order chi connectivity index (χ0) is 14.7. The number of halogens is 1. The molecule has 3 nitrogen and oxygen atoms in total. The fraction of sp³-hybridized carbons (Fsp3) is 0.471. The number of carbonyl (C=O) groups is 1. The third kappa shape index (κ3) is 1.74. The number of methoxy groups -OCH3 is 1. The van der Waals surface area contributed by atoms with E-state index in [0.29, 0.717) is 10.6 Å². The van der Waals surface area contributed by atoms with Crippen molar-refractivity contribution in [2.24, 2.45) is 11.8 Å². The summed E-state index contributed by atoms with van der Waals surface area (Å²) < 4.78 is 11.6. The van der Waals surface area contributed by atoms with Crippen molar-refractivity contribution in [2.45, 2.75) is 32.0 Å². The van der Waals surface area contributed by atoms with E-state index in [9.17, 15) is 4.79 Å². The maximum atomic E-state index is 12.9. The first-order valence-corrected chi connectivity index (χ1v) is 7.74. The lowest BCUT2D eigenvalue weighted by Gasteiger charge is -2.21. The Kier molecular flexibility index (Phi) is 2.92. The number of hydrogen-bond donors (Lipinski definition) is 0. The van der Waals surface area contributed by atoms with Gasteiger partial charge in [0, 0.05) is 5.02 Å². The zero-order valence-electron chi connectivity index (χ0n) is 12.1. The summed E-state index contributed by atoms with van der Waals surface area (Å²) in [5.41, 5.74) is 2.66. The molecule has 1 unspecified atom stereocenters. The first-order valence-electron chi connectivity index (χ1n) is 7.36. The van der Waals surface area contributed by atoms with Crippen LogP contribution in [0.25, 0.3) is 5.57 Å². The molecule has 21 heavy (non-hydrogen) atoms. The van der Waals surface area contributed by atoms with Gasteiger partial charge in [-0.05, 0) is 43.0 Å². The Labute approximate surface area is 128 Å². The predicted molar refractivity (Wildman–Crippen MR) is 80.0 cm³/mol. The van der Waals surface area contributed by atoms with Crippen molar-refractivity contribution in [3.05, 3.63) is 40.1 Å². The van der Waals surface area contributed by atoms with Gasteiger partial charge in [0.1, 0.15) is 5.76 Å². The quantitative estimate of drug-likeness (QED) is 0.840. The number of hydrogen-bond acceptors (Lipinski definition) is 3. The summed E-state index contributed by atoms with van der Waals surface area (Å²) in [5.74, 6) is 0.985. The molecule has 4 atom stereocenters. The molecule has 2 aliphatic heterocycles. The van der Waals surface area contributed by atoms with Crippen LogP contribution in [0.2, 0.25) is 5.02 Å². The van der Waals surface area contributed by atoms with E-state index in [0.717, 1.165) is 29.7 Å². The van der Waals surface area contributed by atoms with Gasteiger partial charge < -0.3 is 9.47 Å². The van der Waals surface area contributed by atoms with E-state index in [1.807, 2.05) is 25.1 Å². The highest BCUT2D eigenvalue weighted by Gasteiger charge is 2.59. The molecule has 0 saturated carbocycles. The van der Waals surface area contributed by atoms with E-state index in [4.69, 9.17) is 21.1 Å². The highest BCUT2D eigenvalue weighted by atomic mass is 35.5. The van der Waals surface area contributed by atoms with E-state index in [1.54, 1.807) is 7.11 Å². The second-order valence-corrected chi connectivity index (χ2v) is 6.55. The SMILES string of the molecule is COC1=C(c2cc(Cl)ccc2C)C(=O)[C@H]2C3CC[C@@H](O3)[C@@H]12. The lowest BCUT2D eigenvalue weighted by Crippen LogP contribution is -2.29. The van der Waals surface area contributed by atoms with E-state index >= 15 is 0 Å². The van der Waals surface area contributed by atoms with Crippen LogP contribution in [0.4, 0.5) is 0 Å². The number of ether oxygens (including phenoxy) is 2. The fourth-order valence-corrected chi connectivity index (χ4v) is 4.34. The summed E-state index contributed by atoms with van der Waals surface area (Å²) in [7, 11) is 1.65. The van der Waals surface area contributed by atoms with Gasteiger partial charge in [-0.25, -0.2) is 0 Å². The van der Waals surface area contributed by atoms with Gasteiger partial charge in [-0.15, -0.1) is 0 Å². The summed E-state index contributed by atoms with van der Waals surface area (Å²) in [6.45, 7) is 2.00. The standard InChI is InChI=1S/C17H17ClO3/c1-8-3-4-9(18)7-10(8)13-16(19)14-11-5-6-12(21-11)15(14)17(13)20-2/h3-4,7,11-12,14-15H,5-6H2,1-2H3/t11?,12-,14+,15-/m1/s1. The molecule has 0 aromatic heterocycles. The van der Waals surface area contributed by atoms with Crippen LogP contribution < -0.4 is 0 Å². The maximum Gasteiger partial charge on any atom is 0.173 e. The molecule has 4 rings (SSSR count). The van der Waals surface area contributed by atoms with Crippen molar-refractivity contribution in [1.29, 1.82) is 0 Å². The molecule has 2 heterocycles. The Morgan fingerprint density at radius 3 is 2.67 bits per heavy atom. The summed E-state index contributed by atoms with van der Waals surface area (Å²) in [4.78, 5) is 12.9. The number of Topliss-reactive ketones (excluding diaryl/α,β-unsaturated/α-hetero) is 1. The number of aryl methyl sites for hydroxylation is 1. The van der Waals surface area contributed by atoms with Crippen LogP contribution in [-0.4, -0.2) is 25.1 Å². The first-order chi connectivity index (χ1) is 10.1. The number of carbonyl (C=O) groups excluding carboxylic acids is 1. The lowest BCUT2D eigenvalue weighted by molar-refractivity contribution is -0.118. The minimum absolute atomic E-state index is 0.0629. The van der Waals surface area contributed by atoms with Gasteiger partial charge in [0.15, 0.2) is 5.78 Å². The largest absolute Gasteiger partial charge is 0.500 e. The van der Waals surface area contributed by atoms with Gasteiger partial charge >= 0.3 is 0 Å². The van der Waals surface area contributed by atoms with E-state index in [1.165, 1.54) is 0 Å². The van der Waals surface area contributed by atoms with Gasteiger partial charge in [-0.1, -0.05) is 17.7 Å². The molecule has 0 N–H and O–H groups in total. The molecule has 4 heteroatoms. The fourth-order valence-electron chi connectivity index (χ4n) is 4.17. The monoisotopic (exact) mass is 304 g/mol. The Bertz CT molecular complexity index is 664. The van der Waals surface area contributed by atoms with Crippen molar-refractivity contribution in [3.8, 4) is 0 Å². The molecular weight excluding hydrogens is 288 g/mol. The third-order valence-electron chi connectivity index (χ3n) is 5.06. The zero-order valence-corrected chi connectivity index (χ0v) is 12.8. The molecule has 1 aromatic carbocycles. The van der Waals surface area contributed by atoms with Crippen molar-refractivity contribution >= 4 is 23.0 Å². The Morgan fingerprint density at radius 1 is 1.24 bits per heavy atom. The first kappa shape index (κ1) is 13.4. The molecule has 2 fully saturated rings. The van der Waals surface area contributed by atoms with Gasteiger partial charge in [0.25, 0.3) is 0 Å². The number of rotatable bonds is 2. The van der Waals surface area contributed by atoms with Crippen LogP contribution in [0.5, 0.6) is 0 Å². The minimum atomic E-state index is -0.0629. The van der Waals surface area contributed by atoms with Crippen LogP contribution in [-0.2, 0) is 14.3 Å². The Morgan fingerprint density at radius 2 is 1.95 bits per heavy atom. The Hall–Kier alpha value is -1.32. The molecule has 2 bridgehead atoms. The molecule has 0 radical (unpaired) electrons. The Balaban J connectivity index is 1.88. The van der Waals surface area contributed by atoms with E-state index in [-0.39, 0.29) is 29.8 Å². The topological polar surface area (TPSA) is 35.5 Å². The predicted octanol–water partition coefficient (Wildman–Crippen LogP) is 3.38. The van der Waals surface area contributed by atoms with Crippen molar-refractivity contribution < 1.29 is 14.3 Å². The van der Waals surface area contributed by atoms with Gasteiger partial charge in [-0.3, -0.25) is 4.79 Å². The van der Waals surface area contributed by atoms with Crippen molar-refractivity contribution in [2.75, 3.05) is 7.11 Å². The summed E-state index contributed by atoms with van der Waals surface area (Å²) in [6.07, 6.45) is 2.20. The average molecular weight is 305 g/mol. The second-order valence-electron chi connectivity index (χ2n) is 6.11. The van der Waals surface area contributed by atoms with Gasteiger partial charge in [-0.2, -0.15) is 0 Å². The van der Waals surface area contributed by atoms with Crippen LogP contribution in [0.1, 0.15) is 24.0 Å². The van der Waals surface area contributed by atoms with Crippen molar-refractivity contribution in [1.82, 2.24) is 0 Å². The minimum Gasteiger partial charge on any atom is -0.500 e. The highest BCUT2D eigenvalue weighted by molar-refractivity contribution is 6.31. The lowest BCUT2D eigenvalue weighted by atomic mass is 9.80. The molecule has 0 spiro atoms. The molecule has 1 aliphatic carbocycles. The van der Waals surface area contributed by atoms with Crippen LogP contribution in [0.3, 0.4) is 0 Å². The average Bonchev–Trinajstić information content (AvgIpc) is 3.13. The van der Waals surface area contributed by atoms with Crippen LogP contribution in [0, 0.1) is 18.8 Å². The third-order valence-corrected chi connectivity index (χ3v) is 5.30. The van der Waals surface area contributed by atoms with Crippen molar-refractivity contribution in [3.63, 3.8) is 0 Å². The number of allylic oxidation sites excluding steroid dienone is 1. The second kappa shape index (κ2) is 4.59. The number of fused-ring (bicyclic) bond motifs is 5. The number of ketones is 1. The molecular formula is C17H17ClO3. The summed E-state index contributed by atoms with van der Waals surface area (Å²) in [6, 6.07) is 5.66. The molecule has 2 saturated heterocycles. The summed E-state index contributed by atoms with van der Waals surface area (Å²) >= 11 is 6.12. The van der Waals surface area contributed by atoms with E-state index in [2.05, 4.69) is 0 Å². The normalized spacial score (nSPS) is 33.8. The molecule has 0 amide bonds.